The molecule has 2 amide bonds. The van der Waals surface area contributed by atoms with Crippen LogP contribution in [0.15, 0.2) is 60.7 Å². The second kappa shape index (κ2) is 15.5. The molecule has 1 aliphatic rings. The second-order valence-corrected chi connectivity index (χ2v) is 12.3. The average molecular weight is 605 g/mol. The summed E-state index contributed by atoms with van der Waals surface area (Å²) >= 11 is 0. The first-order chi connectivity index (χ1) is 20.0. The van der Waals surface area contributed by atoms with Crippen LogP contribution in [0.3, 0.4) is 0 Å². The Morgan fingerprint density at radius 1 is 1.02 bits per heavy atom. The van der Waals surface area contributed by atoms with Gasteiger partial charge in [0.2, 0.25) is 0 Å². The summed E-state index contributed by atoms with van der Waals surface area (Å²) < 4.78 is 35.3. The number of nitrogens with zero attached hydrogens (tertiary/aromatic N) is 1. The molecule has 0 bridgehead atoms. The minimum absolute atomic E-state index is 0.0471. The standard InChI is InChI=1S/C29H37N2O10P/c1-20(30-29(36)39-19-22-11-6-4-7-12-22)16-17-25(26(32)31-18-10-15-24(31)27(33)34)41-42(37,38-3)21(2)40-28(35)23-13-8-5-9-14-23/h4-9,11-14,20-21,24-25H,10,15-19H2,1-3H3,(H,30,36)(H,33,34)/t20?,21?,24-,25-,42?/m0/s1. The van der Waals surface area contributed by atoms with Crippen LogP contribution in [0.1, 0.15) is 55.5 Å². The summed E-state index contributed by atoms with van der Waals surface area (Å²) in [7, 11) is -3.13. The maximum atomic E-state index is 13.7. The molecule has 42 heavy (non-hydrogen) atoms. The third kappa shape index (κ3) is 9.14. The molecule has 0 spiro atoms. The lowest BCUT2D eigenvalue weighted by atomic mass is 10.1. The van der Waals surface area contributed by atoms with E-state index in [9.17, 15) is 28.8 Å². The van der Waals surface area contributed by atoms with Gasteiger partial charge in [0.15, 0.2) is 5.85 Å². The number of carboxylic acid groups (broad SMARTS) is 1. The summed E-state index contributed by atoms with van der Waals surface area (Å²) in [4.78, 5) is 51.4. The first kappa shape index (κ1) is 32.8. The number of esters is 1. The summed E-state index contributed by atoms with van der Waals surface area (Å²) in [6, 6.07) is 15.7. The lowest BCUT2D eigenvalue weighted by molar-refractivity contribution is -0.151. The van der Waals surface area contributed by atoms with Gasteiger partial charge in [0, 0.05) is 19.7 Å². The fraction of sp³-hybridized carbons (Fsp3) is 0.448. The molecule has 228 valence electrons. The molecular weight excluding hydrogens is 567 g/mol. The fourth-order valence-electron chi connectivity index (χ4n) is 4.45. The predicted octanol–water partition coefficient (Wildman–Crippen LogP) is 4.58. The highest BCUT2D eigenvalue weighted by atomic mass is 31.2. The van der Waals surface area contributed by atoms with Gasteiger partial charge in [-0.2, -0.15) is 0 Å². The largest absolute Gasteiger partial charge is 0.480 e. The number of benzene rings is 2. The molecule has 2 aromatic carbocycles. The third-order valence-electron chi connectivity index (χ3n) is 6.80. The number of carbonyl (C=O) groups excluding carboxylic acids is 3. The highest BCUT2D eigenvalue weighted by Gasteiger charge is 2.43. The Bertz CT molecular complexity index is 1260. The SMILES string of the molecule is COP(=O)(O[C@@H](CCC(C)NC(=O)OCc1ccccc1)C(=O)N1CCC[C@H]1C(=O)O)C(C)OC(=O)c1ccccc1. The van der Waals surface area contributed by atoms with Crippen molar-refractivity contribution in [2.75, 3.05) is 13.7 Å². The zero-order chi connectivity index (χ0) is 30.7. The Hall–Kier alpha value is -3.73. The highest BCUT2D eigenvalue weighted by Crippen LogP contribution is 2.54. The zero-order valence-electron chi connectivity index (χ0n) is 23.8. The number of hydrogen-bond donors (Lipinski definition) is 2. The van der Waals surface area contributed by atoms with Gasteiger partial charge in [-0.25, -0.2) is 14.4 Å². The topological polar surface area (TPSA) is 158 Å². The maximum absolute atomic E-state index is 13.7. The van der Waals surface area contributed by atoms with Gasteiger partial charge in [-0.3, -0.25) is 13.9 Å². The summed E-state index contributed by atoms with van der Waals surface area (Å²) in [5.74, 6) is -3.99. The fourth-order valence-corrected chi connectivity index (χ4v) is 5.78. The molecular formula is C29H37N2O10P. The van der Waals surface area contributed by atoms with Gasteiger partial charge >= 0.3 is 25.6 Å². The first-order valence-electron chi connectivity index (χ1n) is 13.6. The van der Waals surface area contributed by atoms with Crippen LogP contribution in [0.4, 0.5) is 4.79 Å². The normalized spacial score (nSPS) is 18.3. The number of carbonyl (C=O) groups is 4. The number of nitrogens with one attached hydrogen (secondary N) is 1. The van der Waals surface area contributed by atoms with Crippen molar-refractivity contribution in [2.45, 2.75) is 70.2 Å². The Balaban J connectivity index is 1.69. The summed E-state index contributed by atoms with van der Waals surface area (Å²) in [5, 5.41) is 12.3. The van der Waals surface area contributed by atoms with E-state index in [1.807, 2.05) is 30.3 Å². The molecule has 2 aromatic rings. The van der Waals surface area contributed by atoms with Gasteiger partial charge in [-0.05, 0) is 57.2 Å². The average Bonchev–Trinajstić information content (AvgIpc) is 3.49. The molecule has 0 aliphatic carbocycles. The van der Waals surface area contributed by atoms with Crippen molar-refractivity contribution in [3.8, 4) is 0 Å². The summed E-state index contributed by atoms with van der Waals surface area (Å²) in [5.41, 5.74) is 1.04. The van der Waals surface area contributed by atoms with Crippen molar-refractivity contribution in [3.05, 3.63) is 71.8 Å². The van der Waals surface area contributed by atoms with Crippen LogP contribution in [0.25, 0.3) is 0 Å². The van der Waals surface area contributed by atoms with Gasteiger partial charge in [0.05, 0.1) is 5.56 Å². The molecule has 1 heterocycles. The van der Waals surface area contributed by atoms with Gasteiger partial charge < -0.3 is 29.3 Å². The second-order valence-electron chi connectivity index (χ2n) is 9.90. The smallest absolute Gasteiger partial charge is 0.407 e. The Labute approximate surface area is 244 Å². The van der Waals surface area contributed by atoms with Crippen molar-refractivity contribution < 1.29 is 47.4 Å². The number of amides is 2. The molecule has 1 saturated heterocycles. The van der Waals surface area contributed by atoms with Crippen LogP contribution in [-0.2, 0) is 39.3 Å². The minimum atomic E-state index is -4.24. The van der Waals surface area contributed by atoms with Crippen LogP contribution in [0, 0.1) is 0 Å². The number of hydrogen-bond acceptors (Lipinski definition) is 9. The van der Waals surface area contributed by atoms with E-state index in [2.05, 4.69) is 5.32 Å². The number of rotatable bonds is 14. The van der Waals surface area contributed by atoms with Crippen LogP contribution in [0.2, 0.25) is 0 Å². The zero-order valence-corrected chi connectivity index (χ0v) is 24.7. The molecule has 12 nitrogen and oxygen atoms in total. The van der Waals surface area contributed by atoms with Crippen molar-refractivity contribution in [3.63, 3.8) is 0 Å². The van der Waals surface area contributed by atoms with E-state index < -0.39 is 55.6 Å². The third-order valence-corrected chi connectivity index (χ3v) is 8.85. The van der Waals surface area contributed by atoms with Crippen molar-refractivity contribution in [1.82, 2.24) is 10.2 Å². The molecule has 3 rings (SSSR count). The molecule has 0 saturated carbocycles. The minimum Gasteiger partial charge on any atom is -0.480 e. The van der Waals surface area contributed by atoms with E-state index in [4.69, 9.17) is 18.5 Å². The predicted molar refractivity (Wildman–Crippen MR) is 152 cm³/mol. The molecule has 1 fully saturated rings. The molecule has 3 unspecified atom stereocenters. The van der Waals surface area contributed by atoms with Crippen LogP contribution < -0.4 is 5.32 Å². The van der Waals surface area contributed by atoms with Crippen molar-refractivity contribution in [2.24, 2.45) is 0 Å². The quantitative estimate of drug-likeness (QED) is 0.231. The molecule has 2 N–H and O–H groups in total. The van der Waals surface area contributed by atoms with E-state index in [-0.39, 0.29) is 38.0 Å². The van der Waals surface area contributed by atoms with Gasteiger partial charge in [-0.15, -0.1) is 0 Å². The van der Waals surface area contributed by atoms with Crippen LogP contribution >= 0.6 is 7.60 Å². The van der Waals surface area contributed by atoms with Crippen LogP contribution in [0.5, 0.6) is 0 Å². The molecule has 13 heteroatoms. The first-order valence-corrected chi connectivity index (χ1v) is 15.3. The van der Waals surface area contributed by atoms with Crippen LogP contribution in [-0.4, -0.2) is 71.6 Å². The molecule has 1 aliphatic heterocycles. The lowest BCUT2D eigenvalue weighted by Crippen LogP contribution is -2.46. The maximum Gasteiger partial charge on any atom is 0.407 e. The van der Waals surface area contributed by atoms with Gasteiger partial charge in [0.25, 0.3) is 5.91 Å². The van der Waals surface area contributed by atoms with E-state index >= 15 is 0 Å². The number of alkyl carbamates (subject to hydrolysis) is 1. The Kier molecular flexibility index (Phi) is 12.1. The van der Waals surface area contributed by atoms with E-state index in [1.165, 1.54) is 24.0 Å². The summed E-state index contributed by atoms with van der Waals surface area (Å²) in [6.07, 6.45) is -1.18. The Morgan fingerprint density at radius 3 is 2.29 bits per heavy atom. The molecule has 0 radical (unpaired) electrons. The van der Waals surface area contributed by atoms with Crippen molar-refractivity contribution >= 4 is 31.5 Å². The summed E-state index contributed by atoms with van der Waals surface area (Å²) in [6.45, 7) is 3.29. The monoisotopic (exact) mass is 604 g/mol. The molecule has 5 atom stereocenters. The number of likely N-dealkylation sites (tertiary alicyclic amines) is 1. The molecule has 0 aromatic heterocycles. The van der Waals surface area contributed by atoms with E-state index in [1.54, 1.807) is 25.1 Å². The van der Waals surface area contributed by atoms with E-state index in [0.29, 0.717) is 6.42 Å². The highest BCUT2D eigenvalue weighted by molar-refractivity contribution is 7.54. The number of ether oxygens (including phenoxy) is 2. The van der Waals surface area contributed by atoms with Gasteiger partial charge in [-0.1, -0.05) is 48.5 Å². The van der Waals surface area contributed by atoms with Crippen molar-refractivity contribution in [1.29, 1.82) is 0 Å². The number of carboxylic acids is 1. The van der Waals surface area contributed by atoms with E-state index in [0.717, 1.165) is 12.7 Å². The lowest BCUT2D eigenvalue weighted by Gasteiger charge is -2.31. The Morgan fingerprint density at radius 2 is 1.67 bits per heavy atom. The number of aliphatic carboxylic acids is 1. The van der Waals surface area contributed by atoms with Gasteiger partial charge in [0.1, 0.15) is 18.8 Å².